The van der Waals surface area contributed by atoms with Gasteiger partial charge in [-0.05, 0) is 28.6 Å². The van der Waals surface area contributed by atoms with Gasteiger partial charge in [0.1, 0.15) is 0 Å². The highest BCUT2D eigenvalue weighted by Crippen LogP contribution is 2.38. The Bertz CT molecular complexity index is 628. The van der Waals surface area contributed by atoms with Gasteiger partial charge < -0.3 is 5.73 Å². The van der Waals surface area contributed by atoms with Crippen LogP contribution in [0.2, 0.25) is 0 Å². The Kier molecular flexibility index (Phi) is 3.07. The molecule has 1 aromatic carbocycles. The van der Waals surface area contributed by atoms with Crippen molar-refractivity contribution in [1.82, 2.24) is 20.2 Å². The fourth-order valence-corrected chi connectivity index (χ4v) is 1.49. The number of hydrogen-bond acceptors (Lipinski definition) is 4. The minimum absolute atomic E-state index is 0.0174. The molecule has 0 atom stereocenters. The van der Waals surface area contributed by atoms with Gasteiger partial charge in [0, 0.05) is 0 Å². The minimum Gasteiger partial charge on any atom is -0.366 e. The molecule has 0 amide bonds. The second kappa shape index (κ2) is 4.35. The highest BCUT2D eigenvalue weighted by molar-refractivity contribution is 5.48. The second-order valence-electron chi connectivity index (χ2n) is 3.68. The van der Waals surface area contributed by atoms with Crippen LogP contribution >= 0.6 is 0 Å². The lowest BCUT2D eigenvalue weighted by atomic mass is 10.1. The molecule has 0 unspecified atom stereocenters. The maximum absolute atomic E-state index is 12.9. The van der Waals surface area contributed by atoms with Crippen molar-refractivity contribution in [2.75, 3.05) is 5.73 Å². The number of benzene rings is 1. The summed E-state index contributed by atoms with van der Waals surface area (Å²) in [6.07, 6.45) is -9.92. The molecular weight excluding hydrogens is 292 g/mol. The normalized spacial score (nSPS) is 12.7. The van der Waals surface area contributed by atoms with E-state index < -0.39 is 35.1 Å². The van der Waals surface area contributed by atoms with Gasteiger partial charge in [0.25, 0.3) is 0 Å². The smallest absolute Gasteiger partial charge is 0.366 e. The van der Waals surface area contributed by atoms with Crippen LogP contribution in [-0.4, -0.2) is 20.2 Å². The number of nitrogens with two attached hydrogens (primary N) is 1. The van der Waals surface area contributed by atoms with Crippen LogP contribution in [-0.2, 0) is 12.4 Å². The monoisotopic (exact) mass is 297 g/mol. The average molecular weight is 297 g/mol. The molecule has 0 aliphatic rings. The third-order valence-electron chi connectivity index (χ3n) is 2.35. The van der Waals surface area contributed by atoms with Crippen LogP contribution in [0.25, 0.3) is 5.69 Å². The van der Waals surface area contributed by atoms with E-state index in [0.29, 0.717) is 16.8 Å². The summed E-state index contributed by atoms with van der Waals surface area (Å²) >= 11 is 0. The van der Waals surface area contributed by atoms with Gasteiger partial charge in [-0.1, -0.05) is 5.10 Å². The Morgan fingerprint density at radius 3 is 2.10 bits per heavy atom. The molecule has 1 heterocycles. The Morgan fingerprint density at radius 2 is 1.65 bits per heavy atom. The van der Waals surface area contributed by atoms with Crippen LogP contribution < -0.4 is 5.73 Å². The van der Waals surface area contributed by atoms with E-state index in [1.54, 1.807) is 0 Å². The maximum atomic E-state index is 12.9. The van der Waals surface area contributed by atoms with Gasteiger partial charge >= 0.3 is 12.4 Å². The molecule has 2 aromatic rings. The number of aromatic nitrogens is 4. The Morgan fingerprint density at radius 1 is 1.00 bits per heavy atom. The van der Waals surface area contributed by atoms with Gasteiger partial charge in [-0.25, -0.2) is 0 Å². The zero-order valence-corrected chi connectivity index (χ0v) is 9.37. The number of halogens is 6. The number of hydrogen-bond donors (Lipinski definition) is 1. The summed E-state index contributed by atoms with van der Waals surface area (Å²) in [4.78, 5) is 0. The maximum Gasteiger partial charge on any atom is 0.418 e. The number of alkyl halides is 6. The molecule has 0 bridgehead atoms. The molecule has 11 heteroatoms. The molecule has 0 fully saturated rings. The fraction of sp³-hybridized carbons (Fsp3) is 0.222. The molecule has 108 valence electrons. The summed E-state index contributed by atoms with van der Waals surface area (Å²) < 4.78 is 76.5. The van der Waals surface area contributed by atoms with Crippen LogP contribution in [0.1, 0.15) is 11.1 Å². The lowest BCUT2D eigenvalue weighted by Gasteiger charge is -2.15. The van der Waals surface area contributed by atoms with E-state index in [2.05, 4.69) is 15.5 Å². The number of nitrogens with zero attached hydrogens (tertiary/aromatic N) is 4. The van der Waals surface area contributed by atoms with Crippen molar-refractivity contribution in [2.24, 2.45) is 0 Å². The Balaban J connectivity index is 2.68. The zero-order chi connectivity index (χ0) is 15.1. The summed E-state index contributed by atoms with van der Waals surface area (Å²) in [5.41, 5.74) is 1.59. The molecule has 20 heavy (non-hydrogen) atoms. The van der Waals surface area contributed by atoms with Crippen LogP contribution in [0, 0.1) is 0 Å². The number of tetrazole rings is 1. The summed E-state index contributed by atoms with van der Waals surface area (Å²) in [6, 6.07) is 1.08. The highest BCUT2D eigenvalue weighted by atomic mass is 19.4. The van der Waals surface area contributed by atoms with E-state index in [-0.39, 0.29) is 6.07 Å². The third kappa shape index (κ3) is 2.51. The van der Waals surface area contributed by atoms with Crippen molar-refractivity contribution < 1.29 is 26.3 Å². The average Bonchev–Trinajstić information content (AvgIpc) is 2.72. The first-order chi connectivity index (χ1) is 9.10. The van der Waals surface area contributed by atoms with Crippen LogP contribution in [0.5, 0.6) is 0 Å². The van der Waals surface area contributed by atoms with Crippen molar-refractivity contribution in [3.63, 3.8) is 0 Å². The Hall–Kier alpha value is -2.33. The summed E-state index contributed by atoms with van der Waals surface area (Å²) in [5, 5.41) is 9.42. The van der Waals surface area contributed by atoms with Crippen LogP contribution in [0.15, 0.2) is 18.2 Å². The van der Waals surface area contributed by atoms with Gasteiger partial charge in [-0.3, -0.25) is 0 Å². The topological polar surface area (TPSA) is 69.6 Å². The molecule has 0 aliphatic carbocycles. The molecule has 5 nitrogen and oxygen atoms in total. The molecule has 0 aliphatic heterocycles. The van der Waals surface area contributed by atoms with E-state index in [1.165, 1.54) is 0 Å². The molecule has 2 rings (SSSR count). The number of rotatable bonds is 1. The SMILES string of the molecule is Nc1nnnn1-c1ccc(C(F)(F)F)cc1C(F)(F)F. The molecule has 0 spiro atoms. The molecule has 2 N–H and O–H groups in total. The van der Waals surface area contributed by atoms with Crippen LogP contribution in [0.4, 0.5) is 32.3 Å². The van der Waals surface area contributed by atoms with Crippen molar-refractivity contribution in [3.05, 3.63) is 29.3 Å². The standard InChI is InChI=1S/C9H5F6N5/c10-8(11,12)4-1-2-6(5(3-4)9(13,14)15)20-7(16)17-18-19-20/h1-3H,(H2,16,17,19). The van der Waals surface area contributed by atoms with Gasteiger partial charge in [0.2, 0.25) is 5.95 Å². The first-order valence-corrected chi connectivity index (χ1v) is 4.93. The van der Waals surface area contributed by atoms with E-state index in [9.17, 15) is 26.3 Å². The van der Waals surface area contributed by atoms with Gasteiger partial charge in [0.05, 0.1) is 16.8 Å². The largest absolute Gasteiger partial charge is 0.418 e. The predicted octanol–water partition coefficient (Wildman–Crippen LogP) is 2.28. The predicted molar refractivity (Wildman–Crippen MR) is 53.6 cm³/mol. The van der Waals surface area contributed by atoms with Crippen molar-refractivity contribution in [3.8, 4) is 5.69 Å². The van der Waals surface area contributed by atoms with Gasteiger partial charge in [-0.2, -0.15) is 31.0 Å². The molecule has 1 aromatic heterocycles. The molecule has 0 radical (unpaired) electrons. The second-order valence-corrected chi connectivity index (χ2v) is 3.68. The van der Waals surface area contributed by atoms with Gasteiger partial charge in [0.15, 0.2) is 0 Å². The van der Waals surface area contributed by atoms with Crippen molar-refractivity contribution in [2.45, 2.75) is 12.4 Å². The number of nitrogen functional groups attached to an aromatic ring is 1. The summed E-state index contributed by atoms with van der Waals surface area (Å²) in [5.74, 6) is -0.477. The van der Waals surface area contributed by atoms with Crippen molar-refractivity contribution in [1.29, 1.82) is 0 Å². The molecule has 0 saturated heterocycles. The minimum atomic E-state index is -5.02. The van der Waals surface area contributed by atoms with Crippen molar-refractivity contribution >= 4 is 5.95 Å². The zero-order valence-electron chi connectivity index (χ0n) is 9.37. The first kappa shape index (κ1) is 14.1. The third-order valence-corrected chi connectivity index (χ3v) is 2.35. The first-order valence-electron chi connectivity index (χ1n) is 4.93. The number of anilines is 1. The molecular formula is C9H5F6N5. The highest BCUT2D eigenvalue weighted by Gasteiger charge is 2.39. The Labute approximate surface area is 107 Å². The van der Waals surface area contributed by atoms with E-state index in [4.69, 9.17) is 5.73 Å². The fourth-order valence-electron chi connectivity index (χ4n) is 1.49. The summed E-state index contributed by atoms with van der Waals surface area (Å²) in [7, 11) is 0. The lowest BCUT2D eigenvalue weighted by molar-refractivity contribution is -0.143. The van der Waals surface area contributed by atoms with E-state index in [0.717, 1.165) is 0 Å². The molecule has 0 saturated carbocycles. The van der Waals surface area contributed by atoms with E-state index in [1.807, 2.05) is 0 Å². The van der Waals surface area contributed by atoms with E-state index >= 15 is 0 Å². The summed E-state index contributed by atoms with van der Waals surface area (Å²) in [6.45, 7) is 0. The lowest BCUT2D eigenvalue weighted by Crippen LogP contribution is -2.16. The van der Waals surface area contributed by atoms with Gasteiger partial charge in [-0.15, -0.1) is 0 Å². The van der Waals surface area contributed by atoms with Crippen LogP contribution in [0.3, 0.4) is 0 Å². The quantitative estimate of drug-likeness (QED) is 0.820.